The van der Waals surface area contributed by atoms with Crippen LogP contribution in [-0.2, 0) is 14.3 Å². The van der Waals surface area contributed by atoms with Crippen LogP contribution in [0.5, 0.6) is 0 Å². The maximum atomic E-state index is 12.2. The van der Waals surface area contributed by atoms with Crippen LogP contribution in [0, 0.1) is 5.92 Å². The first-order chi connectivity index (χ1) is 9.51. The Bertz CT molecular complexity index is 373. The Morgan fingerprint density at radius 1 is 1.30 bits per heavy atom. The van der Waals surface area contributed by atoms with E-state index < -0.39 is 17.9 Å². The van der Waals surface area contributed by atoms with Crippen molar-refractivity contribution in [1.29, 1.82) is 0 Å². The van der Waals surface area contributed by atoms with Gasteiger partial charge in [0.05, 0.1) is 6.61 Å². The molecule has 1 heterocycles. The third kappa shape index (κ3) is 4.28. The fraction of sp³-hybridized carbons (Fsp3) is 0.769. The van der Waals surface area contributed by atoms with Gasteiger partial charge in [-0.15, -0.1) is 0 Å². The topological polar surface area (TPSA) is 79.0 Å². The minimum Gasteiger partial charge on any atom is -0.383 e. The van der Waals surface area contributed by atoms with Gasteiger partial charge in [-0.1, -0.05) is 13.3 Å². The lowest BCUT2D eigenvalue weighted by Crippen LogP contribution is -2.59. The molecule has 0 spiro atoms. The Hall–Kier alpha value is -1.47. The van der Waals surface area contributed by atoms with Crippen molar-refractivity contribution in [2.24, 2.45) is 5.92 Å². The Morgan fingerprint density at radius 3 is 2.60 bits per heavy atom. The number of ether oxygens (including phenoxy) is 1. The van der Waals surface area contributed by atoms with Gasteiger partial charge in [-0.25, -0.2) is 4.79 Å². The third-order valence-corrected chi connectivity index (χ3v) is 3.32. The molecule has 0 aromatic heterocycles. The number of barbiturate groups is 1. The quantitative estimate of drug-likeness (QED) is 0.638. The Morgan fingerprint density at radius 2 is 2.00 bits per heavy atom. The number of rotatable bonds is 8. The molecule has 1 aliphatic rings. The molecule has 4 amide bonds. The summed E-state index contributed by atoms with van der Waals surface area (Å²) in [6.45, 7) is 4.04. The number of amides is 4. The molecule has 0 bridgehead atoms. The molecule has 7 heteroatoms. The monoisotopic (exact) mass is 285 g/mol. The van der Waals surface area contributed by atoms with Gasteiger partial charge in [-0.05, 0) is 13.5 Å². The highest BCUT2D eigenvalue weighted by molar-refractivity contribution is 6.16. The molecule has 1 saturated heterocycles. The summed E-state index contributed by atoms with van der Waals surface area (Å²) < 4.78 is 4.96. The van der Waals surface area contributed by atoms with Crippen molar-refractivity contribution in [2.75, 3.05) is 40.4 Å². The van der Waals surface area contributed by atoms with Gasteiger partial charge in [-0.2, -0.15) is 0 Å². The Kier molecular flexibility index (Phi) is 6.60. The molecule has 1 fully saturated rings. The second-order valence-corrected chi connectivity index (χ2v) is 4.92. The predicted octanol–water partition coefficient (Wildman–Crippen LogP) is 0.0593. The summed E-state index contributed by atoms with van der Waals surface area (Å²) in [5, 5.41) is 2.25. The predicted molar refractivity (Wildman–Crippen MR) is 73.0 cm³/mol. The van der Waals surface area contributed by atoms with Gasteiger partial charge in [0, 0.05) is 26.7 Å². The molecule has 1 unspecified atom stereocenters. The highest BCUT2D eigenvalue weighted by atomic mass is 16.5. The van der Waals surface area contributed by atoms with Crippen molar-refractivity contribution in [2.45, 2.75) is 19.8 Å². The average molecular weight is 285 g/mol. The lowest BCUT2D eigenvalue weighted by atomic mass is 9.99. The zero-order valence-corrected chi connectivity index (χ0v) is 12.3. The number of nitrogens with zero attached hydrogens (tertiary/aromatic N) is 2. The van der Waals surface area contributed by atoms with Crippen LogP contribution in [0.4, 0.5) is 4.79 Å². The van der Waals surface area contributed by atoms with Gasteiger partial charge in [-0.3, -0.25) is 19.8 Å². The molecule has 0 saturated carbocycles. The van der Waals surface area contributed by atoms with Crippen LogP contribution < -0.4 is 5.32 Å². The van der Waals surface area contributed by atoms with Gasteiger partial charge in [0.1, 0.15) is 5.92 Å². The molecule has 114 valence electrons. The van der Waals surface area contributed by atoms with Crippen molar-refractivity contribution in [1.82, 2.24) is 15.1 Å². The van der Waals surface area contributed by atoms with Gasteiger partial charge in [0.15, 0.2) is 0 Å². The number of nitrogens with one attached hydrogen (secondary N) is 1. The maximum Gasteiger partial charge on any atom is 0.330 e. The Balaban J connectivity index is 2.56. The molecule has 0 aromatic rings. The van der Waals surface area contributed by atoms with E-state index in [1.807, 2.05) is 18.9 Å². The third-order valence-electron chi connectivity index (χ3n) is 3.32. The molecule has 20 heavy (non-hydrogen) atoms. The van der Waals surface area contributed by atoms with Gasteiger partial charge >= 0.3 is 6.03 Å². The number of carbonyl (C=O) groups is 3. The van der Waals surface area contributed by atoms with Crippen molar-refractivity contribution < 1.29 is 19.1 Å². The van der Waals surface area contributed by atoms with Crippen LogP contribution in [0.1, 0.15) is 19.8 Å². The summed E-state index contributed by atoms with van der Waals surface area (Å²) in [5.74, 6) is -1.60. The van der Waals surface area contributed by atoms with Crippen LogP contribution in [0.2, 0.25) is 0 Å². The summed E-state index contributed by atoms with van der Waals surface area (Å²) in [6, 6.07) is -0.618. The molecule has 1 N–H and O–H groups in total. The fourth-order valence-electron chi connectivity index (χ4n) is 2.04. The lowest BCUT2D eigenvalue weighted by Gasteiger charge is -2.31. The second-order valence-electron chi connectivity index (χ2n) is 4.92. The van der Waals surface area contributed by atoms with E-state index in [2.05, 4.69) is 5.32 Å². The number of hydrogen-bond donors (Lipinski definition) is 1. The zero-order valence-electron chi connectivity index (χ0n) is 12.3. The number of carbonyl (C=O) groups excluding carboxylic acids is 3. The SMILES string of the molecule is CCCC1C(=O)NC(=O)N(CCN(C)CCOC)C1=O. The van der Waals surface area contributed by atoms with Gasteiger partial charge in [0.25, 0.3) is 0 Å². The van der Waals surface area contributed by atoms with Gasteiger partial charge in [0.2, 0.25) is 11.8 Å². The van der Waals surface area contributed by atoms with Crippen molar-refractivity contribution in [3.05, 3.63) is 0 Å². The standard InChI is InChI=1S/C13H23N3O4/c1-4-5-10-11(17)14-13(19)16(12(10)18)7-6-15(2)8-9-20-3/h10H,4-9H2,1-3H3,(H,14,17,19). The van der Waals surface area contributed by atoms with E-state index in [1.54, 1.807) is 7.11 Å². The van der Waals surface area contributed by atoms with E-state index in [0.717, 1.165) is 17.9 Å². The first kappa shape index (κ1) is 16.6. The van der Waals surface area contributed by atoms with E-state index in [-0.39, 0.29) is 12.5 Å². The number of methoxy groups -OCH3 is 1. The molecule has 7 nitrogen and oxygen atoms in total. The van der Waals surface area contributed by atoms with Crippen LogP contribution in [-0.4, -0.2) is 68.0 Å². The van der Waals surface area contributed by atoms with Crippen molar-refractivity contribution >= 4 is 17.8 Å². The highest BCUT2D eigenvalue weighted by Gasteiger charge is 2.39. The summed E-state index contributed by atoms with van der Waals surface area (Å²) in [7, 11) is 3.51. The van der Waals surface area contributed by atoms with Gasteiger partial charge < -0.3 is 9.64 Å². The largest absolute Gasteiger partial charge is 0.383 e. The molecule has 0 radical (unpaired) electrons. The first-order valence-electron chi connectivity index (χ1n) is 6.85. The van der Waals surface area contributed by atoms with Crippen LogP contribution in [0.25, 0.3) is 0 Å². The minimum atomic E-state index is -0.734. The summed E-state index contributed by atoms with van der Waals surface area (Å²) in [6.07, 6.45) is 1.19. The lowest BCUT2D eigenvalue weighted by molar-refractivity contribution is -0.143. The smallest absolute Gasteiger partial charge is 0.330 e. The Labute approximate surface area is 119 Å². The molecule has 0 aromatic carbocycles. The van der Waals surface area contributed by atoms with E-state index in [9.17, 15) is 14.4 Å². The van der Waals surface area contributed by atoms with Crippen molar-refractivity contribution in [3.63, 3.8) is 0 Å². The molecular formula is C13H23N3O4. The fourth-order valence-corrected chi connectivity index (χ4v) is 2.04. The molecule has 1 aliphatic heterocycles. The summed E-state index contributed by atoms with van der Waals surface area (Å²) in [4.78, 5) is 38.6. The average Bonchev–Trinajstić information content (AvgIpc) is 2.40. The van der Waals surface area contributed by atoms with Crippen molar-refractivity contribution in [3.8, 4) is 0 Å². The normalized spacial score (nSPS) is 19.7. The van der Waals surface area contributed by atoms with Crippen LogP contribution in [0.15, 0.2) is 0 Å². The van der Waals surface area contributed by atoms with E-state index in [4.69, 9.17) is 4.74 Å². The van der Waals surface area contributed by atoms with E-state index in [1.165, 1.54) is 0 Å². The van der Waals surface area contributed by atoms with E-state index >= 15 is 0 Å². The minimum absolute atomic E-state index is 0.276. The summed E-state index contributed by atoms with van der Waals surface area (Å²) in [5.41, 5.74) is 0. The number of likely N-dealkylation sites (N-methyl/N-ethyl adjacent to an activating group) is 1. The zero-order chi connectivity index (χ0) is 15.1. The molecule has 0 aliphatic carbocycles. The van der Waals surface area contributed by atoms with Crippen LogP contribution >= 0.6 is 0 Å². The summed E-state index contributed by atoms with van der Waals surface area (Å²) >= 11 is 0. The highest BCUT2D eigenvalue weighted by Crippen LogP contribution is 2.15. The molecular weight excluding hydrogens is 262 g/mol. The first-order valence-corrected chi connectivity index (χ1v) is 6.85. The second kappa shape index (κ2) is 7.96. The van der Waals surface area contributed by atoms with E-state index in [0.29, 0.717) is 19.6 Å². The number of hydrogen-bond acceptors (Lipinski definition) is 5. The maximum absolute atomic E-state index is 12.2. The van der Waals surface area contributed by atoms with Crippen LogP contribution in [0.3, 0.4) is 0 Å². The molecule has 1 atom stereocenters. The number of imide groups is 2. The number of urea groups is 1. The molecule has 1 rings (SSSR count).